The van der Waals surface area contributed by atoms with Crippen LogP contribution in [0, 0.1) is 5.92 Å². The number of aromatic hydroxyl groups is 1. The second-order valence-electron chi connectivity index (χ2n) is 12.9. The summed E-state index contributed by atoms with van der Waals surface area (Å²) in [5.74, 6) is 0.419. The molecule has 0 aromatic heterocycles. The summed E-state index contributed by atoms with van der Waals surface area (Å²) in [6.45, 7) is 3.75. The van der Waals surface area contributed by atoms with Gasteiger partial charge in [0.15, 0.2) is 11.5 Å². The van der Waals surface area contributed by atoms with Gasteiger partial charge in [0, 0.05) is 31.3 Å². The molecular formula is C32H35F3N2O5. The molecule has 0 unspecified atom stereocenters. The Hall–Kier alpha value is -3.24. The highest BCUT2D eigenvalue weighted by molar-refractivity contribution is 5.92. The summed E-state index contributed by atoms with van der Waals surface area (Å²) in [6, 6.07) is 8.56. The van der Waals surface area contributed by atoms with E-state index >= 15 is 0 Å². The Morgan fingerprint density at radius 3 is 2.74 bits per heavy atom. The van der Waals surface area contributed by atoms with Crippen LogP contribution in [0.2, 0.25) is 0 Å². The van der Waals surface area contributed by atoms with Gasteiger partial charge in [-0.2, -0.15) is 0 Å². The van der Waals surface area contributed by atoms with Crippen molar-refractivity contribution in [2.45, 2.75) is 80.5 Å². The number of alkyl halides is 3. The fourth-order valence-corrected chi connectivity index (χ4v) is 8.73. The monoisotopic (exact) mass is 584 g/mol. The fraction of sp³-hybridized carbons (Fsp3) is 0.531. The molecule has 2 heterocycles. The van der Waals surface area contributed by atoms with Crippen molar-refractivity contribution >= 4 is 12.0 Å². The Morgan fingerprint density at radius 2 is 2.00 bits per heavy atom. The number of likely N-dealkylation sites (tertiary alicyclic amines) is 1. The first-order valence-corrected chi connectivity index (χ1v) is 14.7. The van der Waals surface area contributed by atoms with E-state index in [-0.39, 0.29) is 23.4 Å². The van der Waals surface area contributed by atoms with Crippen LogP contribution in [-0.2, 0) is 16.6 Å². The normalized spacial score (nSPS) is 33.3. The molecule has 2 aromatic carbocycles. The third-order valence-corrected chi connectivity index (χ3v) is 10.7. The maximum atomic E-state index is 13.5. The van der Waals surface area contributed by atoms with Crippen molar-refractivity contribution in [1.29, 1.82) is 0 Å². The molecule has 2 N–H and O–H groups in total. The number of amides is 1. The minimum Gasteiger partial charge on any atom is -0.504 e. The van der Waals surface area contributed by atoms with Crippen LogP contribution < -0.4 is 9.47 Å². The Morgan fingerprint density at radius 1 is 1.21 bits per heavy atom. The number of benzene rings is 2. The molecule has 3 aliphatic carbocycles. The summed E-state index contributed by atoms with van der Waals surface area (Å²) in [7, 11) is 1.70. The van der Waals surface area contributed by atoms with Crippen LogP contribution in [0.1, 0.15) is 55.7 Å². The summed E-state index contributed by atoms with van der Waals surface area (Å²) in [4.78, 5) is 17.6. The molecule has 2 aromatic rings. The van der Waals surface area contributed by atoms with Gasteiger partial charge >= 0.3 is 6.36 Å². The van der Waals surface area contributed by atoms with Gasteiger partial charge in [-0.05, 0) is 93.3 Å². The summed E-state index contributed by atoms with van der Waals surface area (Å²) in [5, 5.41) is 23.7. The number of aliphatic hydroxyl groups is 1. The lowest BCUT2D eigenvalue weighted by molar-refractivity contribution is -0.274. The number of hydrogen-bond donors (Lipinski definition) is 2. The molecule has 5 atom stereocenters. The predicted molar refractivity (Wildman–Crippen MR) is 148 cm³/mol. The highest BCUT2D eigenvalue weighted by Crippen LogP contribution is 2.69. The number of phenolic OH excluding ortho intramolecular Hbond substituents is 1. The van der Waals surface area contributed by atoms with Crippen LogP contribution in [-0.4, -0.2) is 75.7 Å². The van der Waals surface area contributed by atoms with Crippen LogP contribution in [0.5, 0.6) is 17.2 Å². The number of halogens is 3. The molecule has 1 spiro atoms. The smallest absolute Gasteiger partial charge is 0.504 e. The number of carbonyl (C=O) groups excluding carboxylic acids is 1. The van der Waals surface area contributed by atoms with E-state index in [1.54, 1.807) is 24.1 Å². The first kappa shape index (κ1) is 27.6. The predicted octanol–water partition coefficient (Wildman–Crippen LogP) is 4.79. The number of phenols is 1. The summed E-state index contributed by atoms with van der Waals surface area (Å²) < 4.78 is 48.7. The molecule has 7 rings (SSSR count). The molecule has 7 nitrogen and oxygen atoms in total. The van der Waals surface area contributed by atoms with Crippen LogP contribution in [0.3, 0.4) is 0 Å². The molecule has 2 saturated carbocycles. The van der Waals surface area contributed by atoms with Gasteiger partial charge in [-0.15, -0.1) is 13.2 Å². The molecule has 1 amide bonds. The quantitative estimate of drug-likeness (QED) is 0.476. The molecule has 42 heavy (non-hydrogen) atoms. The highest BCUT2D eigenvalue weighted by atomic mass is 19.4. The lowest BCUT2D eigenvalue weighted by Gasteiger charge is -2.68. The Balaban J connectivity index is 1.22. The van der Waals surface area contributed by atoms with Crippen molar-refractivity contribution in [2.75, 3.05) is 20.1 Å². The maximum absolute atomic E-state index is 13.5. The number of ether oxygens (including phenoxy) is 2. The summed E-state index contributed by atoms with van der Waals surface area (Å²) >= 11 is 0. The number of carbonyl (C=O) groups is 1. The second kappa shape index (κ2) is 9.13. The van der Waals surface area contributed by atoms with E-state index in [4.69, 9.17) is 4.74 Å². The lowest BCUT2D eigenvalue weighted by Crippen LogP contribution is -2.82. The van der Waals surface area contributed by atoms with Gasteiger partial charge in [-0.1, -0.05) is 18.2 Å². The molecule has 3 fully saturated rings. The minimum absolute atomic E-state index is 0.0357. The third-order valence-electron chi connectivity index (χ3n) is 10.7. The first-order chi connectivity index (χ1) is 19.9. The SMILES string of the molecule is CN(C(=O)C=Cc1cccc(OC(F)(F)F)c1)[C@@H]1CC[C@@]2(O)[C@H]3Cc4ccc(O)c5c4[C@@]2(CCN3CC2CC2)[C@@]1(C)O5. The van der Waals surface area contributed by atoms with Crippen molar-refractivity contribution in [3.8, 4) is 17.2 Å². The Bertz CT molecular complexity index is 1470. The number of nitrogens with zero attached hydrogens (tertiary/aromatic N) is 2. The second-order valence-corrected chi connectivity index (χ2v) is 12.9. The van der Waals surface area contributed by atoms with Crippen molar-refractivity contribution < 1.29 is 37.7 Å². The molecule has 0 radical (unpaired) electrons. The molecule has 2 bridgehead atoms. The van der Waals surface area contributed by atoms with Crippen molar-refractivity contribution in [3.63, 3.8) is 0 Å². The van der Waals surface area contributed by atoms with E-state index in [1.165, 1.54) is 43.2 Å². The number of rotatable bonds is 6. The highest BCUT2D eigenvalue weighted by Gasteiger charge is 2.78. The molecular weight excluding hydrogens is 549 g/mol. The standard InChI is InChI=1S/C32H35F3N2O5/c1-29-24(36(2)26(39)11-8-19-4-3-5-22(16-19)41-32(33,34)35)12-13-31(40)25-17-21-9-10-23(38)28(42-29)27(21)30(29,31)14-15-37(25)18-20-6-7-20/h3-5,8-11,16,20,24-25,38,40H,6-7,12-15,17-18H2,1-2H3/t24-,25-,29+,30+,31-/m1/s1. The van der Waals surface area contributed by atoms with E-state index in [1.807, 2.05) is 13.0 Å². The molecule has 2 aliphatic heterocycles. The number of piperidine rings is 1. The van der Waals surface area contributed by atoms with Crippen molar-refractivity contribution in [1.82, 2.24) is 9.80 Å². The van der Waals surface area contributed by atoms with Crippen LogP contribution >= 0.6 is 0 Å². The lowest BCUT2D eigenvalue weighted by atomic mass is 9.44. The first-order valence-electron chi connectivity index (χ1n) is 14.7. The minimum atomic E-state index is -4.81. The zero-order valence-corrected chi connectivity index (χ0v) is 23.7. The Kier molecular flexibility index (Phi) is 6.00. The van der Waals surface area contributed by atoms with E-state index in [2.05, 4.69) is 9.64 Å². The average Bonchev–Trinajstić information content (AvgIpc) is 3.69. The van der Waals surface area contributed by atoms with Gasteiger partial charge in [0.1, 0.15) is 11.4 Å². The molecule has 224 valence electrons. The number of likely N-dealkylation sites (N-methyl/N-ethyl adjacent to an activating group) is 1. The zero-order valence-electron chi connectivity index (χ0n) is 23.7. The van der Waals surface area contributed by atoms with Gasteiger partial charge < -0.3 is 24.6 Å². The van der Waals surface area contributed by atoms with E-state index in [0.29, 0.717) is 42.9 Å². The van der Waals surface area contributed by atoms with Gasteiger partial charge in [0.05, 0.1) is 17.1 Å². The van der Waals surface area contributed by atoms with Gasteiger partial charge in [0.25, 0.3) is 0 Å². The molecule has 10 heteroatoms. The largest absolute Gasteiger partial charge is 0.573 e. The Labute approximate surface area is 242 Å². The van der Waals surface area contributed by atoms with Crippen LogP contribution in [0.4, 0.5) is 13.2 Å². The van der Waals surface area contributed by atoms with E-state index in [0.717, 1.165) is 24.2 Å². The summed E-state index contributed by atoms with van der Waals surface area (Å²) in [5.41, 5.74) is -0.556. The van der Waals surface area contributed by atoms with Crippen LogP contribution in [0.25, 0.3) is 6.08 Å². The maximum Gasteiger partial charge on any atom is 0.573 e. The van der Waals surface area contributed by atoms with E-state index in [9.17, 15) is 28.2 Å². The fourth-order valence-electron chi connectivity index (χ4n) is 8.73. The summed E-state index contributed by atoms with van der Waals surface area (Å²) in [6.07, 6.45) is 2.75. The van der Waals surface area contributed by atoms with Gasteiger partial charge in [0.2, 0.25) is 5.91 Å². The van der Waals surface area contributed by atoms with Gasteiger partial charge in [-0.25, -0.2) is 0 Å². The number of hydrogen-bond acceptors (Lipinski definition) is 6. The molecule has 1 saturated heterocycles. The third kappa shape index (κ3) is 3.90. The van der Waals surface area contributed by atoms with Gasteiger partial charge in [-0.3, -0.25) is 9.69 Å². The zero-order chi connectivity index (χ0) is 29.7. The van der Waals surface area contributed by atoms with Crippen molar-refractivity contribution in [3.05, 3.63) is 59.2 Å². The average molecular weight is 585 g/mol. The topological polar surface area (TPSA) is 82.5 Å². The van der Waals surface area contributed by atoms with Crippen molar-refractivity contribution in [2.24, 2.45) is 5.92 Å². The van der Waals surface area contributed by atoms with E-state index < -0.39 is 29.0 Å². The van der Waals surface area contributed by atoms with Crippen LogP contribution in [0.15, 0.2) is 42.5 Å². The molecule has 5 aliphatic rings.